The Balaban J connectivity index is 2.02. The highest BCUT2D eigenvalue weighted by Crippen LogP contribution is 2.09. The van der Waals surface area contributed by atoms with E-state index in [0.717, 1.165) is 16.3 Å². The molecule has 2 heterocycles. The number of hydrogen-bond donors (Lipinski definition) is 2. The van der Waals surface area contributed by atoms with E-state index in [1.165, 1.54) is 0 Å². The lowest BCUT2D eigenvalue weighted by Crippen LogP contribution is -2.59. The number of carbonyl (C=O) groups is 3. The van der Waals surface area contributed by atoms with Gasteiger partial charge < -0.3 is 15.3 Å². The van der Waals surface area contributed by atoms with Crippen LogP contribution in [0, 0.1) is 13.8 Å². The Hall–Kier alpha value is -2.38. The number of carboxylic acids is 1. The predicted molar refractivity (Wildman–Crippen MR) is 72.5 cm³/mol. The van der Waals surface area contributed by atoms with Crippen LogP contribution in [0.1, 0.15) is 17.8 Å². The minimum atomic E-state index is -1.12. The molecule has 0 aromatic carbocycles. The van der Waals surface area contributed by atoms with Gasteiger partial charge in [-0.25, -0.2) is 4.79 Å². The highest BCUT2D eigenvalue weighted by atomic mass is 16.4. The van der Waals surface area contributed by atoms with Gasteiger partial charge >= 0.3 is 5.97 Å². The summed E-state index contributed by atoms with van der Waals surface area (Å²) in [5.41, 5.74) is 1.80. The van der Waals surface area contributed by atoms with Crippen LogP contribution in [0.15, 0.2) is 6.07 Å². The van der Waals surface area contributed by atoms with Crippen molar-refractivity contribution in [2.75, 3.05) is 13.1 Å². The number of aliphatic carboxylic acids is 1. The van der Waals surface area contributed by atoms with Crippen molar-refractivity contribution in [1.82, 2.24) is 20.0 Å². The van der Waals surface area contributed by atoms with Gasteiger partial charge in [0.05, 0.1) is 5.69 Å². The highest BCUT2D eigenvalue weighted by molar-refractivity contribution is 5.91. The number of aromatic nitrogens is 2. The smallest absolute Gasteiger partial charge is 0.328 e. The molecule has 0 aliphatic carbocycles. The van der Waals surface area contributed by atoms with Crippen LogP contribution in [0.25, 0.3) is 0 Å². The maximum absolute atomic E-state index is 12.2. The fourth-order valence-corrected chi connectivity index (χ4v) is 2.37. The summed E-state index contributed by atoms with van der Waals surface area (Å²) < 4.78 is 1.70. The maximum atomic E-state index is 12.2. The lowest BCUT2D eigenvalue weighted by atomic mass is 10.1. The molecule has 1 aliphatic rings. The molecule has 0 radical (unpaired) electrons. The number of rotatable bonds is 4. The topological polar surface area (TPSA) is 105 Å². The second-order valence-electron chi connectivity index (χ2n) is 5.08. The van der Waals surface area contributed by atoms with Crippen LogP contribution in [0.5, 0.6) is 0 Å². The molecule has 21 heavy (non-hydrogen) atoms. The predicted octanol–water partition coefficient (Wildman–Crippen LogP) is -0.698. The normalized spacial score (nSPS) is 18.5. The third-order valence-electron chi connectivity index (χ3n) is 3.43. The van der Waals surface area contributed by atoms with Gasteiger partial charge in [-0.2, -0.15) is 5.10 Å². The van der Waals surface area contributed by atoms with Gasteiger partial charge in [0.1, 0.15) is 12.6 Å². The molecular formula is C13H18N4O4. The van der Waals surface area contributed by atoms with Gasteiger partial charge in [0, 0.05) is 25.2 Å². The van der Waals surface area contributed by atoms with Crippen LogP contribution in [-0.4, -0.2) is 56.7 Å². The quantitative estimate of drug-likeness (QED) is 0.764. The summed E-state index contributed by atoms with van der Waals surface area (Å²) in [7, 11) is 0. The van der Waals surface area contributed by atoms with E-state index in [4.69, 9.17) is 5.11 Å². The number of nitrogens with one attached hydrogen (secondary N) is 1. The van der Waals surface area contributed by atoms with Crippen LogP contribution in [0.3, 0.4) is 0 Å². The third kappa shape index (κ3) is 3.39. The average molecular weight is 294 g/mol. The van der Waals surface area contributed by atoms with Gasteiger partial charge in [-0.15, -0.1) is 0 Å². The molecule has 114 valence electrons. The minimum Gasteiger partial charge on any atom is -0.480 e. The number of carbonyl (C=O) groups excluding carboxylic acids is 2. The molecule has 0 spiro atoms. The van der Waals surface area contributed by atoms with E-state index in [0.29, 0.717) is 6.54 Å². The van der Waals surface area contributed by atoms with Crippen molar-refractivity contribution < 1.29 is 19.5 Å². The summed E-state index contributed by atoms with van der Waals surface area (Å²) in [6, 6.07) is 0.898. The van der Waals surface area contributed by atoms with Gasteiger partial charge in [-0.05, 0) is 19.9 Å². The molecule has 2 N–H and O–H groups in total. The lowest BCUT2D eigenvalue weighted by Gasteiger charge is -2.32. The van der Waals surface area contributed by atoms with Gasteiger partial charge in [0.15, 0.2) is 0 Å². The van der Waals surface area contributed by atoms with Gasteiger partial charge in [0.2, 0.25) is 11.8 Å². The zero-order chi connectivity index (χ0) is 15.6. The summed E-state index contributed by atoms with van der Waals surface area (Å²) >= 11 is 0. The summed E-state index contributed by atoms with van der Waals surface area (Å²) in [5, 5.41) is 15.8. The van der Waals surface area contributed by atoms with E-state index in [2.05, 4.69) is 10.4 Å². The first-order valence-corrected chi connectivity index (χ1v) is 6.68. The van der Waals surface area contributed by atoms with E-state index < -0.39 is 12.0 Å². The fourth-order valence-electron chi connectivity index (χ4n) is 2.37. The molecule has 8 heteroatoms. The highest BCUT2D eigenvalue weighted by Gasteiger charge is 2.34. The molecule has 1 aromatic heterocycles. The Morgan fingerprint density at radius 3 is 2.76 bits per heavy atom. The molecule has 1 aliphatic heterocycles. The molecule has 1 atom stereocenters. The van der Waals surface area contributed by atoms with E-state index >= 15 is 0 Å². The molecule has 8 nitrogen and oxygen atoms in total. The monoisotopic (exact) mass is 294 g/mol. The summed E-state index contributed by atoms with van der Waals surface area (Å²) in [6.07, 6.45) is 0.110. The second-order valence-corrected chi connectivity index (χ2v) is 5.08. The molecule has 0 saturated carbocycles. The largest absolute Gasteiger partial charge is 0.480 e. The standard InChI is InChI=1S/C13H18N4O4/c1-8-5-9(2)17(15-8)4-3-12(19)16-7-11(18)14-6-10(16)13(20)21/h5,10H,3-4,6-7H2,1-2H3,(H,14,18)(H,20,21). The molecule has 2 rings (SSSR count). The number of hydrogen-bond acceptors (Lipinski definition) is 4. The van der Waals surface area contributed by atoms with Crippen LogP contribution in [-0.2, 0) is 20.9 Å². The number of carboxylic acid groups (broad SMARTS) is 1. The van der Waals surface area contributed by atoms with Crippen LogP contribution < -0.4 is 5.32 Å². The van der Waals surface area contributed by atoms with Crippen LogP contribution in [0.4, 0.5) is 0 Å². The lowest BCUT2D eigenvalue weighted by molar-refractivity contribution is -0.154. The molecule has 1 aromatic rings. The van der Waals surface area contributed by atoms with Crippen LogP contribution in [0.2, 0.25) is 0 Å². The number of amides is 2. The molecule has 0 bridgehead atoms. The van der Waals surface area contributed by atoms with E-state index in [1.54, 1.807) is 4.68 Å². The van der Waals surface area contributed by atoms with Crippen molar-refractivity contribution in [2.45, 2.75) is 32.9 Å². The maximum Gasteiger partial charge on any atom is 0.328 e. The summed E-state index contributed by atoms with van der Waals surface area (Å²) in [5.74, 6) is -1.81. The first kappa shape index (κ1) is 15.0. The van der Waals surface area contributed by atoms with Gasteiger partial charge in [0.25, 0.3) is 0 Å². The first-order chi connectivity index (χ1) is 9.88. The Bertz CT molecular complexity index is 581. The minimum absolute atomic E-state index is 0.0557. The zero-order valence-electron chi connectivity index (χ0n) is 12.0. The number of aryl methyl sites for hydroxylation is 3. The zero-order valence-corrected chi connectivity index (χ0v) is 12.0. The number of nitrogens with zero attached hydrogens (tertiary/aromatic N) is 3. The Morgan fingerprint density at radius 2 is 2.19 bits per heavy atom. The Labute approximate surface area is 121 Å². The van der Waals surface area contributed by atoms with E-state index in [9.17, 15) is 14.4 Å². The van der Waals surface area contributed by atoms with E-state index in [-0.39, 0.29) is 31.3 Å². The summed E-state index contributed by atoms with van der Waals surface area (Å²) in [4.78, 5) is 35.8. The third-order valence-corrected chi connectivity index (χ3v) is 3.43. The van der Waals surface area contributed by atoms with Crippen molar-refractivity contribution in [3.63, 3.8) is 0 Å². The molecule has 1 saturated heterocycles. The molecule has 1 fully saturated rings. The van der Waals surface area contributed by atoms with Gasteiger partial charge in [-0.1, -0.05) is 0 Å². The van der Waals surface area contributed by atoms with Gasteiger partial charge in [-0.3, -0.25) is 14.3 Å². The van der Waals surface area contributed by atoms with Crippen molar-refractivity contribution in [3.05, 3.63) is 17.5 Å². The van der Waals surface area contributed by atoms with Crippen molar-refractivity contribution >= 4 is 17.8 Å². The molecular weight excluding hydrogens is 276 g/mol. The van der Waals surface area contributed by atoms with E-state index in [1.807, 2.05) is 19.9 Å². The number of piperazine rings is 1. The molecule has 1 unspecified atom stereocenters. The molecule has 2 amide bonds. The summed E-state index contributed by atoms with van der Waals surface area (Å²) in [6.45, 7) is 3.84. The Morgan fingerprint density at radius 1 is 1.48 bits per heavy atom. The second kappa shape index (κ2) is 5.94. The fraction of sp³-hybridized carbons (Fsp3) is 0.538. The Kier molecular flexibility index (Phi) is 4.25. The average Bonchev–Trinajstić information content (AvgIpc) is 2.73. The van der Waals surface area contributed by atoms with Crippen molar-refractivity contribution in [2.24, 2.45) is 0 Å². The van der Waals surface area contributed by atoms with Crippen molar-refractivity contribution in [3.8, 4) is 0 Å². The van der Waals surface area contributed by atoms with Crippen LogP contribution >= 0.6 is 0 Å². The van der Waals surface area contributed by atoms with Crippen molar-refractivity contribution in [1.29, 1.82) is 0 Å². The first-order valence-electron chi connectivity index (χ1n) is 6.68. The SMILES string of the molecule is Cc1cc(C)n(CCC(=O)N2CC(=O)NCC2C(=O)O)n1.